The molecule has 26 heavy (non-hydrogen) atoms. The SMILES string of the molecule is CCCCNC(=O)Cn1c(=O)[nH]c2cc(-c3cc(Cl)cc(Cl)c3)cnc21. The molecule has 0 fully saturated rings. The fraction of sp³-hybridized carbons (Fsp3) is 0.278. The van der Waals surface area contributed by atoms with Gasteiger partial charge in [0, 0.05) is 28.4 Å². The van der Waals surface area contributed by atoms with Crippen molar-refractivity contribution in [2.45, 2.75) is 26.3 Å². The van der Waals surface area contributed by atoms with E-state index in [9.17, 15) is 9.59 Å². The van der Waals surface area contributed by atoms with Gasteiger partial charge in [0.1, 0.15) is 6.54 Å². The molecular weight excluding hydrogens is 375 g/mol. The standard InChI is InChI=1S/C18H18Cl2N4O2/c1-2-3-4-21-16(25)10-24-17-15(23-18(24)26)7-12(9-22-17)11-5-13(19)8-14(20)6-11/h5-9H,2-4,10H2,1H3,(H,21,25)(H,23,26). The van der Waals surface area contributed by atoms with Crippen LogP contribution in [0.1, 0.15) is 19.8 Å². The predicted molar refractivity (Wildman–Crippen MR) is 104 cm³/mol. The molecule has 3 aromatic rings. The van der Waals surface area contributed by atoms with Crippen LogP contribution in [-0.4, -0.2) is 27.0 Å². The molecule has 0 aliphatic carbocycles. The van der Waals surface area contributed by atoms with Gasteiger partial charge in [0.05, 0.1) is 5.52 Å². The molecule has 1 amide bonds. The van der Waals surface area contributed by atoms with Crippen molar-refractivity contribution in [1.29, 1.82) is 0 Å². The molecule has 0 radical (unpaired) electrons. The second-order valence-electron chi connectivity index (χ2n) is 5.97. The number of pyridine rings is 1. The molecule has 3 rings (SSSR count). The number of unbranched alkanes of at least 4 members (excludes halogenated alkanes) is 1. The van der Waals surface area contributed by atoms with Crippen molar-refractivity contribution in [3.8, 4) is 11.1 Å². The lowest BCUT2D eigenvalue weighted by Gasteiger charge is -2.06. The summed E-state index contributed by atoms with van der Waals surface area (Å²) in [4.78, 5) is 31.3. The molecule has 136 valence electrons. The molecule has 8 heteroatoms. The summed E-state index contributed by atoms with van der Waals surface area (Å²) in [5.74, 6) is -0.214. The fourth-order valence-electron chi connectivity index (χ4n) is 2.67. The molecule has 2 aromatic heterocycles. The summed E-state index contributed by atoms with van der Waals surface area (Å²) >= 11 is 12.1. The molecule has 0 spiro atoms. The summed E-state index contributed by atoms with van der Waals surface area (Å²) in [7, 11) is 0. The third-order valence-electron chi connectivity index (χ3n) is 3.96. The number of nitrogens with one attached hydrogen (secondary N) is 2. The van der Waals surface area contributed by atoms with Gasteiger partial charge < -0.3 is 10.3 Å². The Labute approximate surface area is 160 Å². The highest BCUT2D eigenvalue weighted by atomic mass is 35.5. The van der Waals surface area contributed by atoms with Crippen LogP contribution in [0.2, 0.25) is 10.0 Å². The summed E-state index contributed by atoms with van der Waals surface area (Å²) in [6.45, 7) is 2.57. The van der Waals surface area contributed by atoms with Gasteiger partial charge in [-0.3, -0.25) is 9.36 Å². The van der Waals surface area contributed by atoms with Crippen molar-refractivity contribution in [1.82, 2.24) is 19.9 Å². The molecule has 6 nitrogen and oxygen atoms in total. The van der Waals surface area contributed by atoms with E-state index in [1.54, 1.807) is 30.5 Å². The minimum atomic E-state index is -0.376. The molecule has 2 N–H and O–H groups in total. The normalized spacial score (nSPS) is 11.0. The second-order valence-corrected chi connectivity index (χ2v) is 6.85. The van der Waals surface area contributed by atoms with E-state index in [2.05, 4.69) is 15.3 Å². The Morgan fingerprint density at radius 3 is 2.62 bits per heavy atom. The van der Waals surface area contributed by atoms with Crippen LogP contribution in [0.15, 0.2) is 35.3 Å². The minimum absolute atomic E-state index is 0.0715. The van der Waals surface area contributed by atoms with E-state index in [4.69, 9.17) is 23.2 Å². The van der Waals surface area contributed by atoms with Crippen molar-refractivity contribution >= 4 is 40.3 Å². The van der Waals surface area contributed by atoms with Crippen LogP contribution >= 0.6 is 23.2 Å². The molecule has 0 unspecified atom stereocenters. The van der Waals surface area contributed by atoms with Gasteiger partial charge in [-0.2, -0.15) is 0 Å². The first kappa shape index (κ1) is 18.5. The number of nitrogens with zero attached hydrogens (tertiary/aromatic N) is 2. The number of carbonyl (C=O) groups excluding carboxylic acids is 1. The maximum Gasteiger partial charge on any atom is 0.328 e. The van der Waals surface area contributed by atoms with Gasteiger partial charge in [0.25, 0.3) is 0 Å². The van der Waals surface area contributed by atoms with Crippen molar-refractivity contribution < 1.29 is 4.79 Å². The summed E-state index contributed by atoms with van der Waals surface area (Å²) < 4.78 is 1.32. The Balaban J connectivity index is 1.90. The number of amides is 1. The number of H-pyrrole nitrogens is 1. The maximum absolute atomic E-state index is 12.2. The van der Waals surface area contributed by atoms with Gasteiger partial charge in [0.2, 0.25) is 5.91 Å². The number of benzene rings is 1. The Bertz CT molecular complexity index is 990. The molecule has 0 aliphatic heterocycles. The highest BCUT2D eigenvalue weighted by Crippen LogP contribution is 2.28. The molecule has 2 heterocycles. The highest BCUT2D eigenvalue weighted by Gasteiger charge is 2.13. The van der Waals surface area contributed by atoms with Crippen LogP contribution < -0.4 is 11.0 Å². The molecule has 0 saturated heterocycles. The zero-order valence-electron chi connectivity index (χ0n) is 14.2. The van der Waals surface area contributed by atoms with Crippen LogP contribution in [0.25, 0.3) is 22.3 Å². The Hall–Kier alpha value is -2.31. The number of rotatable bonds is 6. The number of aromatic nitrogens is 3. The first-order valence-electron chi connectivity index (χ1n) is 8.29. The lowest BCUT2D eigenvalue weighted by molar-refractivity contribution is -0.121. The highest BCUT2D eigenvalue weighted by molar-refractivity contribution is 6.35. The van der Waals surface area contributed by atoms with E-state index < -0.39 is 0 Å². The Morgan fingerprint density at radius 2 is 1.92 bits per heavy atom. The van der Waals surface area contributed by atoms with Crippen molar-refractivity contribution in [2.24, 2.45) is 0 Å². The maximum atomic E-state index is 12.2. The smallest absolute Gasteiger partial charge is 0.328 e. The predicted octanol–water partition coefficient (Wildman–Crippen LogP) is 3.61. The van der Waals surface area contributed by atoms with E-state index in [0.717, 1.165) is 24.0 Å². The molecular formula is C18H18Cl2N4O2. The zero-order chi connectivity index (χ0) is 18.7. The van der Waals surface area contributed by atoms with Gasteiger partial charge in [-0.05, 0) is 36.2 Å². The first-order chi connectivity index (χ1) is 12.5. The number of imidazole rings is 1. The van der Waals surface area contributed by atoms with E-state index >= 15 is 0 Å². The number of fused-ring (bicyclic) bond motifs is 1. The fourth-order valence-corrected chi connectivity index (χ4v) is 3.20. The van der Waals surface area contributed by atoms with Crippen molar-refractivity contribution in [3.05, 3.63) is 51.0 Å². The van der Waals surface area contributed by atoms with Crippen LogP contribution in [0.5, 0.6) is 0 Å². The third-order valence-corrected chi connectivity index (χ3v) is 4.40. The van der Waals surface area contributed by atoms with Crippen LogP contribution in [0.4, 0.5) is 0 Å². The number of hydrogen-bond acceptors (Lipinski definition) is 3. The topological polar surface area (TPSA) is 79.8 Å². The summed E-state index contributed by atoms with van der Waals surface area (Å²) in [6, 6.07) is 6.98. The Morgan fingerprint density at radius 1 is 1.19 bits per heavy atom. The molecule has 1 aromatic carbocycles. The first-order valence-corrected chi connectivity index (χ1v) is 9.05. The van der Waals surface area contributed by atoms with Crippen molar-refractivity contribution in [2.75, 3.05) is 6.54 Å². The summed E-state index contributed by atoms with van der Waals surface area (Å²) in [6.07, 6.45) is 3.52. The average Bonchev–Trinajstić information content (AvgIpc) is 2.89. The summed E-state index contributed by atoms with van der Waals surface area (Å²) in [5.41, 5.74) is 2.16. The van der Waals surface area contributed by atoms with Crippen LogP contribution in [-0.2, 0) is 11.3 Å². The van der Waals surface area contributed by atoms with E-state index in [1.165, 1.54) is 4.57 Å². The number of halogens is 2. The average molecular weight is 393 g/mol. The Kier molecular flexibility index (Phi) is 5.64. The number of carbonyl (C=O) groups is 1. The van der Waals surface area contributed by atoms with Gasteiger partial charge in [-0.15, -0.1) is 0 Å². The quantitative estimate of drug-likeness (QED) is 0.628. The van der Waals surface area contributed by atoms with E-state index in [0.29, 0.717) is 27.8 Å². The molecule has 0 aliphatic rings. The molecule has 0 bridgehead atoms. The van der Waals surface area contributed by atoms with Gasteiger partial charge in [-0.25, -0.2) is 9.78 Å². The lowest BCUT2D eigenvalue weighted by atomic mass is 10.1. The third kappa shape index (κ3) is 4.08. The van der Waals surface area contributed by atoms with Gasteiger partial charge in [-0.1, -0.05) is 36.5 Å². The van der Waals surface area contributed by atoms with Gasteiger partial charge in [0.15, 0.2) is 5.65 Å². The summed E-state index contributed by atoms with van der Waals surface area (Å²) in [5, 5.41) is 3.83. The van der Waals surface area contributed by atoms with Crippen molar-refractivity contribution in [3.63, 3.8) is 0 Å². The van der Waals surface area contributed by atoms with Crippen LogP contribution in [0.3, 0.4) is 0 Å². The van der Waals surface area contributed by atoms with E-state index in [1.807, 2.05) is 6.92 Å². The lowest BCUT2D eigenvalue weighted by Crippen LogP contribution is -2.32. The van der Waals surface area contributed by atoms with E-state index in [-0.39, 0.29) is 18.1 Å². The molecule has 0 atom stereocenters. The number of hydrogen-bond donors (Lipinski definition) is 2. The van der Waals surface area contributed by atoms with Gasteiger partial charge >= 0.3 is 5.69 Å². The largest absolute Gasteiger partial charge is 0.355 e. The zero-order valence-corrected chi connectivity index (χ0v) is 15.7. The second kappa shape index (κ2) is 7.93. The number of aromatic amines is 1. The molecule has 0 saturated carbocycles. The monoisotopic (exact) mass is 392 g/mol. The minimum Gasteiger partial charge on any atom is -0.355 e. The van der Waals surface area contributed by atoms with Crippen LogP contribution in [0, 0.1) is 0 Å².